The molecule has 2 aliphatic heterocycles. The fourth-order valence-electron chi connectivity index (χ4n) is 3.08. The van der Waals surface area contributed by atoms with Crippen molar-refractivity contribution in [1.82, 2.24) is 14.7 Å². The molecule has 1 atom stereocenters. The molecule has 0 N–H and O–H groups in total. The van der Waals surface area contributed by atoms with E-state index in [0.29, 0.717) is 13.1 Å². The number of hydrogen-bond donors (Lipinski definition) is 0. The SMILES string of the molecule is C#Cc1ccc(CN2CCN3C(=O)CN(C)C(=O)[C@@H]3C2)cc1. The zero-order valence-electron chi connectivity index (χ0n) is 12.7. The number of terminal acetylenes is 1. The van der Waals surface area contributed by atoms with E-state index >= 15 is 0 Å². The van der Waals surface area contributed by atoms with Gasteiger partial charge in [0.05, 0.1) is 6.54 Å². The average molecular weight is 297 g/mol. The van der Waals surface area contributed by atoms with Crippen molar-refractivity contribution < 1.29 is 9.59 Å². The highest BCUT2D eigenvalue weighted by Crippen LogP contribution is 2.19. The maximum absolute atomic E-state index is 12.3. The highest BCUT2D eigenvalue weighted by Gasteiger charge is 2.40. The molecule has 5 heteroatoms. The van der Waals surface area contributed by atoms with E-state index in [1.807, 2.05) is 24.3 Å². The third kappa shape index (κ3) is 2.70. The minimum atomic E-state index is -0.343. The molecule has 2 fully saturated rings. The van der Waals surface area contributed by atoms with Crippen LogP contribution in [-0.4, -0.2) is 65.8 Å². The Kier molecular flexibility index (Phi) is 3.86. The van der Waals surface area contributed by atoms with Gasteiger partial charge in [-0.3, -0.25) is 14.5 Å². The summed E-state index contributed by atoms with van der Waals surface area (Å²) in [5, 5.41) is 0. The van der Waals surface area contributed by atoms with Crippen LogP contribution in [0.3, 0.4) is 0 Å². The first-order valence-electron chi connectivity index (χ1n) is 7.41. The summed E-state index contributed by atoms with van der Waals surface area (Å²) in [6.45, 7) is 2.96. The van der Waals surface area contributed by atoms with Gasteiger partial charge in [-0.15, -0.1) is 6.42 Å². The van der Waals surface area contributed by atoms with Crippen molar-refractivity contribution in [2.75, 3.05) is 33.2 Å². The van der Waals surface area contributed by atoms with Gasteiger partial charge < -0.3 is 9.80 Å². The van der Waals surface area contributed by atoms with Crippen LogP contribution < -0.4 is 0 Å². The Morgan fingerprint density at radius 3 is 2.64 bits per heavy atom. The van der Waals surface area contributed by atoms with Gasteiger partial charge in [-0.2, -0.15) is 0 Å². The molecule has 0 spiro atoms. The monoisotopic (exact) mass is 297 g/mol. The van der Waals surface area contributed by atoms with E-state index in [4.69, 9.17) is 6.42 Å². The first-order valence-corrected chi connectivity index (χ1v) is 7.41. The largest absolute Gasteiger partial charge is 0.335 e. The summed E-state index contributed by atoms with van der Waals surface area (Å²) in [7, 11) is 1.69. The van der Waals surface area contributed by atoms with Gasteiger partial charge in [0.15, 0.2) is 0 Å². The molecule has 2 amide bonds. The van der Waals surface area contributed by atoms with Gasteiger partial charge in [0, 0.05) is 38.8 Å². The van der Waals surface area contributed by atoms with E-state index in [1.165, 1.54) is 4.90 Å². The Morgan fingerprint density at radius 2 is 1.95 bits per heavy atom. The first kappa shape index (κ1) is 14.6. The second kappa shape index (κ2) is 5.82. The van der Waals surface area contributed by atoms with Crippen LogP contribution in [0.4, 0.5) is 0 Å². The van der Waals surface area contributed by atoms with E-state index in [9.17, 15) is 9.59 Å². The van der Waals surface area contributed by atoms with Gasteiger partial charge >= 0.3 is 0 Å². The van der Waals surface area contributed by atoms with Crippen LogP contribution in [0.1, 0.15) is 11.1 Å². The van der Waals surface area contributed by atoms with Crippen molar-refractivity contribution >= 4 is 11.8 Å². The molecule has 2 heterocycles. The third-order valence-corrected chi connectivity index (χ3v) is 4.35. The molecule has 1 aromatic carbocycles. The third-order valence-electron chi connectivity index (χ3n) is 4.35. The minimum absolute atomic E-state index is 0.0342. The van der Waals surface area contributed by atoms with Crippen molar-refractivity contribution in [2.24, 2.45) is 0 Å². The molecular weight excluding hydrogens is 278 g/mol. The second-order valence-electron chi connectivity index (χ2n) is 5.87. The number of nitrogens with zero attached hydrogens (tertiary/aromatic N) is 3. The lowest BCUT2D eigenvalue weighted by Gasteiger charge is -2.45. The van der Waals surface area contributed by atoms with Crippen LogP contribution in [0.25, 0.3) is 0 Å². The van der Waals surface area contributed by atoms with Gasteiger partial charge in [-0.05, 0) is 17.7 Å². The van der Waals surface area contributed by atoms with Crippen molar-refractivity contribution in [3.8, 4) is 12.3 Å². The molecule has 2 saturated heterocycles. The summed E-state index contributed by atoms with van der Waals surface area (Å²) in [5.41, 5.74) is 2.03. The van der Waals surface area contributed by atoms with Crippen LogP contribution in [0, 0.1) is 12.3 Å². The fourth-order valence-corrected chi connectivity index (χ4v) is 3.08. The number of rotatable bonds is 2. The molecule has 0 radical (unpaired) electrons. The topological polar surface area (TPSA) is 43.9 Å². The van der Waals surface area contributed by atoms with Crippen LogP contribution in [-0.2, 0) is 16.1 Å². The first-order chi connectivity index (χ1) is 10.6. The van der Waals surface area contributed by atoms with Crippen LogP contribution in [0.5, 0.6) is 0 Å². The number of likely N-dealkylation sites (N-methyl/N-ethyl adjacent to an activating group) is 1. The molecular formula is C17H19N3O2. The second-order valence-corrected chi connectivity index (χ2v) is 5.87. The lowest BCUT2D eigenvalue weighted by Crippen LogP contribution is -2.65. The maximum atomic E-state index is 12.3. The number of carbonyl (C=O) groups excluding carboxylic acids is 2. The summed E-state index contributed by atoms with van der Waals surface area (Å²) < 4.78 is 0. The van der Waals surface area contributed by atoms with E-state index in [1.54, 1.807) is 11.9 Å². The zero-order valence-corrected chi connectivity index (χ0v) is 12.7. The lowest BCUT2D eigenvalue weighted by atomic mass is 10.1. The van der Waals surface area contributed by atoms with E-state index in [0.717, 1.165) is 24.2 Å². The summed E-state index contributed by atoms with van der Waals surface area (Å²) in [4.78, 5) is 29.7. The van der Waals surface area contributed by atoms with Crippen molar-refractivity contribution in [2.45, 2.75) is 12.6 Å². The van der Waals surface area contributed by atoms with Gasteiger partial charge in [0.2, 0.25) is 11.8 Å². The Balaban J connectivity index is 1.68. The maximum Gasteiger partial charge on any atom is 0.246 e. The van der Waals surface area contributed by atoms with Crippen molar-refractivity contribution in [3.05, 3.63) is 35.4 Å². The van der Waals surface area contributed by atoms with Gasteiger partial charge in [-0.1, -0.05) is 18.1 Å². The predicted molar refractivity (Wildman–Crippen MR) is 82.8 cm³/mol. The number of carbonyl (C=O) groups is 2. The molecule has 0 aliphatic carbocycles. The molecule has 114 valence electrons. The number of hydrogen-bond acceptors (Lipinski definition) is 3. The average Bonchev–Trinajstić information content (AvgIpc) is 2.53. The zero-order chi connectivity index (χ0) is 15.7. The molecule has 0 saturated carbocycles. The van der Waals surface area contributed by atoms with Gasteiger partial charge in [0.25, 0.3) is 0 Å². The Hall–Kier alpha value is -2.32. The van der Waals surface area contributed by atoms with Crippen molar-refractivity contribution in [3.63, 3.8) is 0 Å². The fraction of sp³-hybridized carbons (Fsp3) is 0.412. The molecule has 0 aromatic heterocycles. The molecule has 1 aromatic rings. The summed E-state index contributed by atoms with van der Waals surface area (Å²) in [5.74, 6) is 2.68. The highest BCUT2D eigenvalue weighted by molar-refractivity contribution is 5.95. The predicted octanol–water partition coefficient (Wildman–Crippen LogP) is 0.153. The van der Waals surface area contributed by atoms with Gasteiger partial charge in [-0.25, -0.2) is 0 Å². The standard InChI is InChI=1S/C17H19N3O2/c1-3-13-4-6-14(7-5-13)10-19-8-9-20-15(11-19)17(22)18(2)12-16(20)21/h1,4-7,15H,8-12H2,2H3/t15-/m0/s1. The summed E-state index contributed by atoms with van der Waals surface area (Å²) in [6.07, 6.45) is 5.36. The Labute approximate surface area is 130 Å². The Bertz CT molecular complexity index is 632. The number of amides is 2. The van der Waals surface area contributed by atoms with E-state index in [-0.39, 0.29) is 24.4 Å². The molecule has 5 nitrogen and oxygen atoms in total. The summed E-state index contributed by atoms with van der Waals surface area (Å²) in [6, 6.07) is 7.54. The summed E-state index contributed by atoms with van der Waals surface area (Å²) >= 11 is 0. The normalized spacial score (nSPS) is 22.5. The quantitative estimate of drug-likeness (QED) is 0.730. The van der Waals surface area contributed by atoms with Gasteiger partial charge in [0.1, 0.15) is 6.04 Å². The molecule has 0 unspecified atom stereocenters. The van der Waals surface area contributed by atoms with E-state index in [2.05, 4.69) is 10.8 Å². The smallest absolute Gasteiger partial charge is 0.246 e. The number of benzene rings is 1. The molecule has 3 rings (SSSR count). The Morgan fingerprint density at radius 1 is 1.23 bits per heavy atom. The lowest BCUT2D eigenvalue weighted by molar-refractivity contribution is -0.158. The number of fused-ring (bicyclic) bond motifs is 1. The highest BCUT2D eigenvalue weighted by atomic mass is 16.2. The molecule has 0 bridgehead atoms. The molecule has 2 aliphatic rings. The number of piperazine rings is 2. The van der Waals surface area contributed by atoms with Crippen LogP contribution >= 0.6 is 0 Å². The van der Waals surface area contributed by atoms with Crippen LogP contribution in [0.15, 0.2) is 24.3 Å². The molecule has 22 heavy (non-hydrogen) atoms. The van der Waals surface area contributed by atoms with Crippen molar-refractivity contribution in [1.29, 1.82) is 0 Å². The van der Waals surface area contributed by atoms with Crippen LogP contribution in [0.2, 0.25) is 0 Å². The van der Waals surface area contributed by atoms with E-state index < -0.39 is 0 Å². The minimum Gasteiger partial charge on any atom is -0.335 e.